The Kier molecular flexibility index (Phi) is 2.95. The molecule has 0 atom stereocenters. The maximum absolute atomic E-state index is 11.0. The summed E-state index contributed by atoms with van der Waals surface area (Å²) >= 11 is 0. The van der Waals surface area contributed by atoms with Gasteiger partial charge >= 0.3 is 5.97 Å². The quantitative estimate of drug-likeness (QED) is 0.874. The topological polar surface area (TPSA) is 81.1 Å². The molecule has 0 saturated heterocycles. The van der Waals surface area contributed by atoms with Crippen molar-refractivity contribution in [1.82, 2.24) is 14.8 Å². The third kappa shape index (κ3) is 1.93. The molecule has 0 aliphatic carbocycles. The molecule has 0 radical (unpaired) electrons. The van der Waals surface area contributed by atoms with E-state index in [0.29, 0.717) is 12.2 Å². The smallest absolute Gasteiger partial charge is 0.358 e. The van der Waals surface area contributed by atoms with Crippen LogP contribution in [0.2, 0.25) is 0 Å². The maximum Gasteiger partial charge on any atom is 0.358 e. The minimum Gasteiger partial charge on any atom is -0.476 e. The molecule has 17 heavy (non-hydrogen) atoms. The third-order valence-corrected chi connectivity index (χ3v) is 2.49. The predicted molar refractivity (Wildman–Crippen MR) is 59.7 cm³/mol. The zero-order valence-corrected chi connectivity index (χ0v) is 9.67. The first-order chi connectivity index (χ1) is 8.17. The molecule has 0 aliphatic rings. The van der Waals surface area contributed by atoms with E-state index in [1.165, 1.54) is 0 Å². The van der Waals surface area contributed by atoms with E-state index < -0.39 is 5.97 Å². The van der Waals surface area contributed by atoms with Crippen LogP contribution in [-0.4, -0.2) is 25.8 Å². The van der Waals surface area contributed by atoms with Crippen LogP contribution >= 0.6 is 0 Å². The minimum atomic E-state index is -1.10. The van der Waals surface area contributed by atoms with Crippen molar-refractivity contribution in [3.63, 3.8) is 0 Å². The fourth-order valence-corrected chi connectivity index (χ4v) is 1.65. The minimum absolute atomic E-state index is 0.0812. The number of nitrogens with zero attached hydrogens (tertiary/aromatic N) is 3. The lowest BCUT2D eigenvalue weighted by Crippen LogP contribution is -2.03. The zero-order chi connectivity index (χ0) is 12.4. The lowest BCUT2D eigenvalue weighted by Gasteiger charge is -2.01. The monoisotopic (exact) mass is 235 g/mol. The second kappa shape index (κ2) is 4.40. The number of carboxylic acids is 1. The summed E-state index contributed by atoms with van der Waals surface area (Å²) in [5, 5.41) is 13.3. The summed E-state index contributed by atoms with van der Waals surface area (Å²) in [4.78, 5) is 14.7. The van der Waals surface area contributed by atoms with Gasteiger partial charge in [0.1, 0.15) is 5.69 Å². The molecular weight excluding hydrogens is 222 g/mol. The molecule has 0 aromatic carbocycles. The lowest BCUT2D eigenvalue weighted by atomic mass is 10.2. The van der Waals surface area contributed by atoms with E-state index in [9.17, 15) is 4.79 Å². The van der Waals surface area contributed by atoms with Crippen molar-refractivity contribution >= 4 is 5.97 Å². The summed E-state index contributed by atoms with van der Waals surface area (Å²) in [7, 11) is 0. The number of aryl methyl sites for hydroxylation is 2. The Hall–Kier alpha value is -2.11. The summed E-state index contributed by atoms with van der Waals surface area (Å²) in [5.41, 5.74) is 1.47. The van der Waals surface area contributed by atoms with Gasteiger partial charge in [-0.3, -0.25) is 4.68 Å². The van der Waals surface area contributed by atoms with Crippen LogP contribution in [0, 0.1) is 0 Å². The highest BCUT2D eigenvalue weighted by Crippen LogP contribution is 2.24. The highest BCUT2D eigenvalue weighted by molar-refractivity contribution is 5.91. The zero-order valence-electron chi connectivity index (χ0n) is 9.67. The summed E-state index contributed by atoms with van der Waals surface area (Å²) in [6.07, 6.45) is 1.92. The molecule has 2 rings (SSSR count). The molecular formula is C11H13N3O3. The first-order valence-corrected chi connectivity index (χ1v) is 5.41. The Morgan fingerprint density at radius 3 is 2.88 bits per heavy atom. The van der Waals surface area contributed by atoms with E-state index in [1.54, 1.807) is 4.68 Å². The highest BCUT2D eigenvalue weighted by Gasteiger charge is 2.21. The van der Waals surface area contributed by atoms with Crippen molar-refractivity contribution in [2.24, 2.45) is 0 Å². The fraction of sp³-hybridized carbons (Fsp3) is 0.364. The molecule has 2 heterocycles. The van der Waals surface area contributed by atoms with Crippen LogP contribution in [0.4, 0.5) is 0 Å². The molecule has 0 bridgehead atoms. The number of carbonyl (C=O) groups is 1. The Morgan fingerprint density at radius 2 is 2.29 bits per heavy atom. The van der Waals surface area contributed by atoms with Gasteiger partial charge in [-0.2, -0.15) is 5.10 Å². The van der Waals surface area contributed by atoms with Gasteiger partial charge in [0.05, 0.1) is 5.69 Å². The summed E-state index contributed by atoms with van der Waals surface area (Å²) < 4.78 is 6.87. The summed E-state index contributed by atoms with van der Waals surface area (Å²) in [6, 6.07) is 1.83. The van der Waals surface area contributed by atoms with E-state index in [1.807, 2.05) is 19.9 Å². The van der Waals surface area contributed by atoms with Gasteiger partial charge in [-0.05, 0) is 19.4 Å². The number of aromatic carboxylic acids is 1. The van der Waals surface area contributed by atoms with E-state index in [4.69, 9.17) is 9.52 Å². The Balaban J connectivity index is 2.55. The molecule has 0 saturated carbocycles. The average molecular weight is 235 g/mol. The molecule has 6 nitrogen and oxygen atoms in total. The van der Waals surface area contributed by atoms with Crippen molar-refractivity contribution in [2.75, 3.05) is 0 Å². The van der Waals surface area contributed by atoms with Crippen LogP contribution in [-0.2, 0) is 13.0 Å². The first kappa shape index (κ1) is 11.4. The van der Waals surface area contributed by atoms with Gasteiger partial charge in [0.15, 0.2) is 17.8 Å². The van der Waals surface area contributed by atoms with Crippen LogP contribution in [0.3, 0.4) is 0 Å². The van der Waals surface area contributed by atoms with Crippen molar-refractivity contribution < 1.29 is 14.3 Å². The Labute approximate surface area is 97.9 Å². The van der Waals surface area contributed by atoms with Gasteiger partial charge in [0.25, 0.3) is 0 Å². The van der Waals surface area contributed by atoms with E-state index in [0.717, 1.165) is 18.5 Å². The number of rotatable bonds is 4. The number of aromatic nitrogens is 3. The number of hydrogen-bond donors (Lipinski definition) is 1. The SMILES string of the molecule is CCc1cc(-c2ocnc2C(=O)O)n(CC)n1. The van der Waals surface area contributed by atoms with Crippen LogP contribution < -0.4 is 0 Å². The molecule has 0 unspecified atom stereocenters. The average Bonchev–Trinajstić information content (AvgIpc) is 2.94. The van der Waals surface area contributed by atoms with Crippen molar-refractivity contribution in [3.05, 3.63) is 23.8 Å². The van der Waals surface area contributed by atoms with Crippen LogP contribution in [0.1, 0.15) is 30.0 Å². The van der Waals surface area contributed by atoms with Crippen molar-refractivity contribution in [1.29, 1.82) is 0 Å². The highest BCUT2D eigenvalue weighted by atomic mass is 16.4. The Bertz CT molecular complexity index is 542. The molecule has 0 fully saturated rings. The fourth-order valence-electron chi connectivity index (χ4n) is 1.65. The molecule has 0 aliphatic heterocycles. The normalized spacial score (nSPS) is 10.7. The summed E-state index contributed by atoms with van der Waals surface area (Å²) in [6.45, 7) is 4.58. The number of carboxylic acid groups (broad SMARTS) is 1. The van der Waals surface area contributed by atoms with Crippen LogP contribution in [0.25, 0.3) is 11.5 Å². The number of hydrogen-bond acceptors (Lipinski definition) is 4. The maximum atomic E-state index is 11.0. The van der Waals surface area contributed by atoms with Crippen LogP contribution in [0.5, 0.6) is 0 Å². The van der Waals surface area contributed by atoms with E-state index >= 15 is 0 Å². The standard InChI is InChI=1S/C11H13N3O3/c1-3-7-5-8(14(4-2)13-7)10-9(11(15)16)12-6-17-10/h5-6H,3-4H2,1-2H3,(H,15,16). The van der Waals surface area contributed by atoms with Gasteiger partial charge < -0.3 is 9.52 Å². The van der Waals surface area contributed by atoms with E-state index in [-0.39, 0.29) is 11.5 Å². The van der Waals surface area contributed by atoms with Gasteiger partial charge in [-0.1, -0.05) is 6.92 Å². The first-order valence-electron chi connectivity index (χ1n) is 5.41. The van der Waals surface area contributed by atoms with Gasteiger partial charge in [0.2, 0.25) is 0 Å². The van der Waals surface area contributed by atoms with E-state index in [2.05, 4.69) is 10.1 Å². The largest absolute Gasteiger partial charge is 0.476 e. The molecule has 2 aromatic heterocycles. The summed E-state index contributed by atoms with van der Waals surface area (Å²) in [5.74, 6) is -0.845. The predicted octanol–water partition coefficient (Wildman–Crippen LogP) is 1.82. The second-order valence-corrected chi connectivity index (χ2v) is 3.53. The molecule has 0 spiro atoms. The van der Waals surface area contributed by atoms with Crippen molar-refractivity contribution in [2.45, 2.75) is 26.8 Å². The van der Waals surface area contributed by atoms with Gasteiger partial charge in [-0.15, -0.1) is 0 Å². The second-order valence-electron chi connectivity index (χ2n) is 3.53. The van der Waals surface area contributed by atoms with Gasteiger partial charge in [0, 0.05) is 6.54 Å². The lowest BCUT2D eigenvalue weighted by molar-refractivity contribution is 0.0691. The molecule has 2 aromatic rings. The molecule has 1 N–H and O–H groups in total. The Morgan fingerprint density at radius 1 is 1.53 bits per heavy atom. The van der Waals surface area contributed by atoms with Gasteiger partial charge in [-0.25, -0.2) is 9.78 Å². The molecule has 90 valence electrons. The number of oxazole rings is 1. The van der Waals surface area contributed by atoms with Crippen molar-refractivity contribution in [3.8, 4) is 11.5 Å². The van der Waals surface area contributed by atoms with Crippen LogP contribution in [0.15, 0.2) is 16.9 Å². The molecule has 0 amide bonds. The molecule has 6 heteroatoms. The third-order valence-electron chi connectivity index (χ3n) is 2.49.